The predicted octanol–water partition coefficient (Wildman–Crippen LogP) is 5.14. The lowest BCUT2D eigenvalue weighted by atomic mass is 10.1. The SMILES string of the molecule is COc1ccc(-c2cnc3c(Nc4ccc(C(=O)N(C)CCC(=O)N5CCN(C(=O)OC(C)(C)C)CC5)c(C)c4)nccn23)cc1F. The van der Waals surface area contributed by atoms with Gasteiger partial charge in [0.05, 0.1) is 19.0 Å². The van der Waals surface area contributed by atoms with E-state index in [0.717, 1.165) is 5.56 Å². The van der Waals surface area contributed by atoms with E-state index < -0.39 is 11.4 Å². The van der Waals surface area contributed by atoms with E-state index in [1.807, 2.05) is 38.2 Å². The second-order valence-electron chi connectivity index (χ2n) is 12.4. The Morgan fingerprint density at radius 1 is 1.02 bits per heavy atom. The van der Waals surface area contributed by atoms with Gasteiger partial charge in [0.15, 0.2) is 23.0 Å². The van der Waals surface area contributed by atoms with Gasteiger partial charge >= 0.3 is 6.09 Å². The zero-order valence-corrected chi connectivity index (χ0v) is 27.5. The molecule has 1 fully saturated rings. The van der Waals surface area contributed by atoms with Gasteiger partial charge in [0.1, 0.15) is 5.60 Å². The van der Waals surface area contributed by atoms with Gasteiger partial charge in [0.2, 0.25) is 5.91 Å². The number of aryl methyl sites for hydroxylation is 1. The van der Waals surface area contributed by atoms with Crippen molar-refractivity contribution in [2.75, 3.05) is 52.2 Å². The van der Waals surface area contributed by atoms with E-state index in [1.54, 1.807) is 64.6 Å². The number of imidazole rings is 1. The monoisotopic (exact) mass is 645 g/mol. The summed E-state index contributed by atoms with van der Waals surface area (Å²) < 4.78 is 26.6. The van der Waals surface area contributed by atoms with Crippen molar-refractivity contribution in [3.05, 3.63) is 71.9 Å². The van der Waals surface area contributed by atoms with Crippen LogP contribution in [-0.4, -0.2) is 99.5 Å². The van der Waals surface area contributed by atoms with Crippen LogP contribution in [0.3, 0.4) is 0 Å². The molecule has 3 heterocycles. The number of benzene rings is 2. The summed E-state index contributed by atoms with van der Waals surface area (Å²) in [5, 5.41) is 3.28. The number of nitrogens with zero attached hydrogens (tertiary/aromatic N) is 6. The maximum Gasteiger partial charge on any atom is 0.410 e. The van der Waals surface area contributed by atoms with Crippen LogP contribution in [0.1, 0.15) is 43.1 Å². The number of methoxy groups -OCH3 is 1. The summed E-state index contributed by atoms with van der Waals surface area (Å²) in [4.78, 5) is 52.3. The molecule has 0 unspecified atom stereocenters. The van der Waals surface area contributed by atoms with Crippen LogP contribution in [0.25, 0.3) is 16.9 Å². The van der Waals surface area contributed by atoms with Crippen LogP contribution in [0.5, 0.6) is 5.75 Å². The first kappa shape index (κ1) is 33.2. The summed E-state index contributed by atoms with van der Waals surface area (Å²) in [6, 6.07) is 10.1. The molecule has 5 rings (SSSR count). The number of halogens is 1. The van der Waals surface area contributed by atoms with Gasteiger partial charge in [-0.25, -0.2) is 19.2 Å². The Labute approximate surface area is 273 Å². The maximum absolute atomic E-state index is 14.4. The lowest BCUT2D eigenvalue weighted by Crippen LogP contribution is -2.52. The molecule has 4 aromatic rings. The molecule has 1 aliphatic heterocycles. The first-order chi connectivity index (χ1) is 22.3. The highest BCUT2D eigenvalue weighted by atomic mass is 19.1. The predicted molar refractivity (Wildman–Crippen MR) is 175 cm³/mol. The largest absolute Gasteiger partial charge is 0.494 e. The Bertz CT molecular complexity index is 1790. The minimum Gasteiger partial charge on any atom is -0.494 e. The first-order valence-electron chi connectivity index (χ1n) is 15.4. The van der Waals surface area contributed by atoms with Crippen molar-refractivity contribution >= 4 is 35.1 Å². The molecule has 2 aromatic carbocycles. The molecule has 47 heavy (non-hydrogen) atoms. The van der Waals surface area contributed by atoms with Crippen molar-refractivity contribution in [1.82, 2.24) is 29.1 Å². The summed E-state index contributed by atoms with van der Waals surface area (Å²) in [6.45, 7) is 9.23. The Kier molecular flexibility index (Phi) is 9.64. The molecule has 0 bridgehead atoms. The van der Waals surface area contributed by atoms with Crippen molar-refractivity contribution in [1.29, 1.82) is 0 Å². The number of piperazine rings is 1. The molecule has 0 spiro atoms. The van der Waals surface area contributed by atoms with Gasteiger partial charge in [-0.2, -0.15) is 0 Å². The fraction of sp³-hybridized carbons (Fsp3) is 0.382. The topological polar surface area (TPSA) is 122 Å². The number of rotatable bonds is 8. The van der Waals surface area contributed by atoms with E-state index in [9.17, 15) is 18.8 Å². The average Bonchev–Trinajstić information content (AvgIpc) is 3.48. The minimum absolute atomic E-state index is 0.0642. The summed E-state index contributed by atoms with van der Waals surface area (Å²) in [5.74, 6) is -0.0681. The number of aromatic nitrogens is 3. The molecule has 1 saturated heterocycles. The third kappa shape index (κ3) is 7.62. The highest BCUT2D eigenvalue weighted by Crippen LogP contribution is 2.29. The number of ether oxygens (including phenoxy) is 2. The standard InChI is InChI=1S/C34H40FN7O5/c1-22-19-24(38-30-31-37-21-27(42(31)14-12-36-30)23-7-10-28(46-6)26(35)20-23)8-9-25(22)32(44)39(5)13-11-29(43)40-15-17-41(18-16-40)33(45)47-34(2,3)4/h7-10,12,14,19-21H,11,13,15-18H2,1-6H3,(H,36,38). The normalized spacial score (nSPS) is 13.4. The number of amides is 3. The van der Waals surface area contributed by atoms with Crippen LogP contribution in [0.2, 0.25) is 0 Å². The molecule has 3 amide bonds. The second kappa shape index (κ2) is 13.7. The van der Waals surface area contributed by atoms with Crippen molar-refractivity contribution in [2.24, 2.45) is 0 Å². The van der Waals surface area contributed by atoms with Crippen LogP contribution in [0.4, 0.5) is 20.7 Å². The average molecular weight is 646 g/mol. The van der Waals surface area contributed by atoms with Gasteiger partial charge in [0.25, 0.3) is 5.91 Å². The highest BCUT2D eigenvalue weighted by Gasteiger charge is 2.28. The molecule has 12 nitrogen and oxygen atoms in total. The highest BCUT2D eigenvalue weighted by molar-refractivity contribution is 5.96. The van der Waals surface area contributed by atoms with E-state index in [1.165, 1.54) is 13.2 Å². The van der Waals surface area contributed by atoms with Crippen LogP contribution in [0.15, 0.2) is 55.0 Å². The van der Waals surface area contributed by atoms with Gasteiger partial charge in [-0.3, -0.25) is 14.0 Å². The maximum atomic E-state index is 14.4. The summed E-state index contributed by atoms with van der Waals surface area (Å²) in [7, 11) is 3.10. The second-order valence-corrected chi connectivity index (χ2v) is 12.4. The van der Waals surface area contributed by atoms with Gasteiger partial charge in [-0.1, -0.05) is 0 Å². The first-order valence-corrected chi connectivity index (χ1v) is 15.4. The van der Waals surface area contributed by atoms with Gasteiger partial charge in [0, 0.05) is 75.4 Å². The molecule has 0 atom stereocenters. The molecule has 1 N–H and O–H groups in total. The van der Waals surface area contributed by atoms with Crippen molar-refractivity contribution in [3.63, 3.8) is 0 Å². The fourth-order valence-corrected chi connectivity index (χ4v) is 5.36. The van der Waals surface area contributed by atoms with Crippen LogP contribution < -0.4 is 10.1 Å². The quantitative estimate of drug-likeness (QED) is 0.280. The molecular weight excluding hydrogens is 605 g/mol. The molecule has 0 aliphatic carbocycles. The van der Waals surface area contributed by atoms with Crippen LogP contribution >= 0.6 is 0 Å². The third-order valence-corrected chi connectivity index (χ3v) is 7.89. The number of nitrogens with one attached hydrogen (secondary N) is 1. The van der Waals surface area contributed by atoms with E-state index in [2.05, 4.69) is 15.3 Å². The molecule has 2 aromatic heterocycles. The summed E-state index contributed by atoms with van der Waals surface area (Å²) in [6.07, 6.45) is 4.84. The lowest BCUT2D eigenvalue weighted by Gasteiger charge is -2.35. The van der Waals surface area contributed by atoms with E-state index >= 15 is 0 Å². The van der Waals surface area contributed by atoms with Gasteiger partial charge < -0.3 is 29.5 Å². The summed E-state index contributed by atoms with van der Waals surface area (Å²) >= 11 is 0. The minimum atomic E-state index is -0.574. The van der Waals surface area contributed by atoms with Crippen molar-refractivity contribution in [2.45, 2.75) is 39.7 Å². The number of anilines is 2. The van der Waals surface area contributed by atoms with Crippen molar-refractivity contribution < 1.29 is 28.2 Å². The Balaban J connectivity index is 1.18. The van der Waals surface area contributed by atoms with Gasteiger partial charge in [-0.05, 0) is 69.7 Å². The number of carbonyl (C=O) groups excluding carboxylic acids is 3. The number of carbonyl (C=O) groups is 3. The zero-order valence-electron chi connectivity index (χ0n) is 27.5. The third-order valence-electron chi connectivity index (χ3n) is 7.89. The molecule has 0 saturated carbocycles. The van der Waals surface area contributed by atoms with E-state index in [4.69, 9.17) is 9.47 Å². The van der Waals surface area contributed by atoms with E-state index in [-0.39, 0.29) is 36.6 Å². The zero-order chi connectivity index (χ0) is 33.9. The van der Waals surface area contributed by atoms with Crippen LogP contribution in [-0.2, 0) is 9.53 Å². The number of hydrogen-bond acceptors (Lipinski definition) is 8. The Morgan fingerprint density at radius 2 is 1.74 bits per heavy atom. The Hall–Kier alpha value is -5.20. The molecule has 0 radical (unpaired) electrons. The fourth-order valence-electron chi connectivity index (χ4n) is 5.36. The molecule has 13 heteroatoms. The van der Waals surface area contributed by atoms with E-state index in [0.29, 0.717) is 60.2 Å². The Morgan fingerprint density at radius 3 is 2.40 bits per heavy atom. The van der Waals surface area contributed by atoms with Gasteiger partial charge in [-0.15, -0.1) is 0 Å². The number of hydrogen-bond donors (Lipinski definition) is 1. The van der Waals surface area contributed by atoms with Crippen LogP contribution in [0, 0.1) is 12.7 Å². The lowest BCUT2D eigenvalue weighted by molar-refractivity contribution is -0.133. The summed E-state index contributed by atoms with van der Waals surface area (Å²) in [5.41, 5.74) is 3.28. The molecular formula is C34H40FN7O5. The molecule has 248 valence electrons. The number of fused-ring (bicyclic) bond motifs is 1. The van der Waals surface area contributed by atoms with Crippen molar-refractivity contribution in [3.8, 4) is 17.0 Å². The smallest absolute Gasteiger partial charge is 0.410 e. The molecule has 1 aliphatic rings.